The van der Waals surface area contributed by atoms with E-state index in [9.17, 15) is 4.79 Å². The Labute approximate surface area is 192 Å². The quantitative estimate of drug-likeness (QED) is 0.431. The molecule has 1 unspecified atom stereocenters. The van der Waals surface area contributed by atoms with Crippen LogP contribution in [0.25, 0.3) is 0 Å². The minimum Gasteiger partial charge on any atom is -0.299 e. The van der Waals surface area contributed by atoms with E-state index in [-0.39, 0.29) is 5.41 Å². The highest BCUT2D eigenvalue weighted by molar-refractivity contribution is 5.90. The number of carbonyl (C=O) groups is 1. The van der Waals surface area contributed by atoms with Gasteiger partial charge in [-0.3, -0.25) is 4.79 Å². The monoisotopic (exact) mass is 426 g/mol. The van der Waals surface area contributed by atoms with Crippen LogP contribution in [-0.2, 0) is 4.79 Å². The number of rotatable bonds is 5. The summed E-state index contributed by atoms with van der Waals surface area (Å²) in [7, 11) is 0. The van der Waals surface area contributed by atoms with Gasteiger partial charge in [0.2, 0.25) is 0 Å². The lowest BCUT2D eigenvalue weighted by Gasteiger charge is -2.63. The lowest BCUT2D eigenvalue weighted by Crippen LogP contribution is -2.57. The van der Waals surface area contributed by atoms with Gasteiger partial charge in [-0.15, -0.1) is 0 Å². The largest absolute Gasteiger partial charge is 0.299 e. The molecule has 0 amide bonds. The zero-order chi connectivity index (χ0) is 22.0. The Morgan fingerprint density at radius 2 is 1.61 bits per heavy atom. The summed E-state index contributed by atoms with van der Waals surface area (Å²) in [6.07, 6.45) is 19.1. The molecule has 0 radical (unpaired) electrons. The summed E-state index contributed by atoms with van der Waals surface area (Å²) < 4.78 is 0. The molecule has 1 nitrogen and oxygen atoms in total. The summed E-state index contributed by atoms with van der Waals surface area (Å²) in [4.78, 5) is 12.5. The Kier molecular flexibility index (Phi) is 5.70. The first kappa shape index (κ1) is 22.5. The number of hydrogen-bond donors (Lipinski definition) is 0. The summed E-state index contributed by atoms with van der Waals surface area (Å²) in [5, 5.41) is 0. The molecule has 0 aliphatic heterocycles. The molecular formula is C30H50O. The number of hydrogen-bond acceptors (Lipinski definition) is 1. The van der Waals surface area contributed by atoms with E-state index in [1.54, 1.807) is 0 Å². The van der Waals surface area contributed by atoms with E-state index < -0.39 is 0 Å². The van der Waals surface area contributed by atoms with Crippen molar-refractivity contribution in [2.75, 3.05) is 0 Å². The van der Waals surface area contributed by atoms with E-state index in [4.69, 9.17) is 0 Å². The van der Waals surface area contributed by atoms with Crippen LogP contribution in [-0.4, -0.2) is 5.78 Å². The molecule has 1 spiro atoms. The van der Waals surface area contributed by atoms with Crippen molar-refractivity contribution in [3.8, 4) is 0 Å². The van der Waals surface area contributed by atoms with E-state index in [1.165, 1.54) is 83.5 Å². The summed E-state index contributed by atoms with van der Waals surface area (Å²) in [5.41, 5.74) is 1.29. The summed E-state index contributed by atoms with van der Waals surface area (Å²) in [5.74, 6) is 7.12. The van der Waals surface area contributed by atoms with E-state index in [0.717, 1.165) is 47.8 Å². The van der Waals surface area contributed by atoms with Crippen molar-refractivity contribution in [1.29, 1.82) is 0 Å². The molecule has 0 heterocycles. The third kappa shape index (κ3) is 3.41. The molecule has 5 saturated carbocycles. The Morgan fingerprint density at radius 3 is 2.29 bits per heavy atom. The van der Waals surface area contributed by atoms with Gasteiger partial charge in [-0.2, -0.15) is 0 Å². The second kappa shape index (κ2) is 7.87. The molecule has 0 saturated heterocycles. The third-order valence-corrected chi connectivity index (χ3v) is 12.5. The van der Waals surface area contributed by atoms with Crippen LogP contribution in [0.3, 0.4) is 0 Å². The highest BCUT2D eigenvalue weighted by Crippen LogP contribution is 2.70. The summed E-state index contributed by atoms with van der Waals surface area (Å²) in [6, 6.07) is 0. The number of Topliss-reactive ketones (excluding diaryl/α,β-unsaturated/α-hetero) is 1. The van der Waals surface area contributed by atoms with Gasteiger partial charge in [0.1, 0.15) is 5.78 Å². The maximum atomic E-state index is 12.5. The molecule has 0 bridgehead atoms. The lowest BCUT2D eigenvalue weighted by atomic mass is 9.41. The van der Waals surface area contributed by atoms with Gasteiger partial charge in [0.25, 0.3) is 0 Å². The molecule has 5 fully saturated rings. The predicted octanol–water partition coefficient (Wildman–Crippen LogP) is 8.46. The van der Waals surface area contributed by atoms with E-state index in [2.05, 4.69) is 34.6 Å². The minimum atomic E-state index is 0.143. The zero-order valence-corrected chi connectivity index (χ0v) is 21.3. The van der Waals surface area contributed by atoms with Crippen LogP contribution in [0.1, 0.15) is 125 Å². The standard InChI is InChI=1S/C30H50O/c1-20(2)7-6-8-21(3)24-11-12-25-23-10-9-22-19-30(16-14-27(30)31)18-17-28(22,4)26(23)13-15-29(24,25)5/h20-26H,6-19H2,1-5H3/t21-,22?,23+,24-,25+,26+,28+,29-,30-/m1/s1. The molecule has 0 aromatic carbocycles. The fourth-order valence-electron chi connectivity index (χ4n) is 10.4. The fraction of sp³-hybridized carbons (Fsp3) is 0.967. The Hall–Kier alpha value is -0.330. The molecule has 5 rings (SSSR count). The summed E-state index contributed by atoms with van der Waals surface area (Å²) >= 11 is 0. The van der Waals surface area contributed by atoms with Gasteiger partial charge in [0, 0.05) is 11.8 Å². The van der Waals surface area contributed by atoms with Gasteiger partial charge >= 0.3 is 0 Å². The lowest BCUT2D eigenvalue weighted by molar-refractivity contribution is -0.162. The minimum absolute atomic E-state index is 0.143. The smallest absolute Gasteiger partial charge is 0.139 e. The first-order valence-corrected chi connectivity index (χ1v) is 14.2. The predicted molar refractivity (Wildman–Crippen MR) is 130 cm³/mol. The second-order valence-electron chi connectivity index (χ2n) is 14.1. The van der Waals surface area contributed by atoms with E-state index >= 15 is 0 Å². The average Bonchev–Trinajstić information content (AvgIpc) is 3.09. The zero-order valence-electron chi connectivity index (χ0n) is 21.3. The Bertz CT molecular complexity index is 695. The number of fused-ring (bicyclic) bond motifs is 5. The van der Waals surface area contributed by atoms with Crippen molar-refractivity contribution in [3.05, 3.63) is 0 Å². The normalized spacial score (nSPS) is 50.0. The van der Waals surface area contributed by atoms with Crippen molar-refractivity contribution in [3.63, 3.8) is 0 Å². The van der Waals surface area contributed by atoms with Crippen molar-refractivity contribution in [2.45, 2.75) is 125 Å². The molecular weight excluding hydrogens is 376 g/mol. The maximum Gasteiger partial charge on any atom is 0.139 e. The molecule has 176 valence electrons. The van der Waals surface area contributed by atoms with Gasteiger partial charge in [0.15, 0.2) is 0 Å². The van der Waals surface area contributed by atoms with Gasteiger partial charge < -0.3 is 0 Å². The molecule has 1 heteroatoms. The molecule has 31 heavy (non-hydrogen) atoms. The Morgan fingerprint density at radius 1 is 0.839 bits per heavy atom. The van der Waals surface area contributed by atoms with Crippen LogP contribution < -0.4 is 0 Å². The first-order valence-electron chi connectivity index (χ1n) is 14.2. The number of ketones is 1. The van der Waals surface area contributed by atoms with Crippen molar-refractivity contribution >= 4 is 5.78 Å². The van der Waals surface area contributed by atoms with E-state index in [0.29, 0.717) is 16.6 Å². The van der Waals surface area contributed by atoms with Crippen molar-refractivity contribution in [2.24, 2.45) is 57.7 Å². The van der Waals surface area contributed by atoms with Gasteiger partial charge in [-0.05, 0) is 116 Å². The van der Waals surface area contributed by atoms with Gasteiger partial charge in [-0.25, -0.2) is 0 Å². The molecule has 5 aliphatic rings. The number of carbonyl (C=O) groups excluding carboxylic acids is 1. The van der Waals surface area contributed by atoms with Crippen molar-refractivity contribution < 1.29 is 4.79 Å². The van der Waals surface area contributed by atoms with Gasteiger partial charge in [-0.1, -0.05) is 53.9 Å². The highest BCUT2D eigenvalue weighted by atomic mass is 16.1. The van der Waals surface area contributed by atoms with Crippen LogP contribution >= 0.6 is 0 Å². The van der Waals surface area contributed by atoms with Crippen LogP contribution in [0.15, 0.2) is 0 Å². The average molecular weight is 427 g/mol. The van der Waals surface area contributed by atoms with Crippen LogP contribution in [0.5, 0.6) is 0 Å². The molecule has 0 aromatic rings. The van der Waals surface area contributed by atoms with Crippen molar-refractivity contribution in [1.82, 2.24) is 0 Å². The highest BCUT2D eigenvalue weighted by Gasteiger charge is 2.63. The Balaban J connectivity index is 1.29. The fourth-order valence-corrected chi connectivity index (χ4v) is 10.4. The molecule has 0 aromatic heterocycles. The van der Waals surface area contributed by atoms with Gasteiger partial charge in [0.05, 0.1) is 0 Å². The topological polar surface area (TPSA) is 17.1 Å². The second-order valence-corrected chi connectivity index (χ2v) is 14.1. The first-order chi connectivity index (χ1) is 14.7. The van der Waals surface area contributed by atoms with Crippen LogP contribution in [0, 0.1) is 57.7 Å². The molecule has 9 atom stereocenters. The maximum absolute atomic E-state index is 12.5. The van der Waals surface area contributed by atoms with E-state index in [1.807, 2.05) is 0 Å². The van der Waals surface area contributed by atoms with Crippen LogP contribution in [0.2, 0.25) is 0 Å². The third-order valence-electron chi connectivity index (χ3n) is 12.5. The summed E-state index contributed by atoms with van der Waals surface area (Å²) in [6.45, 7) is 12.8. The molecule has 0 N–H and O–H groups in total. The van der Waals surface area contributed by atoms with Crippen LogP contribution in [0.4, 0.5) is 0 Å². The molecule has 5 aliphatic carbocycles. The SMILES string of the molecule is CC(C)CCC[C@@H](C)[C@H]1CC[C@H]2[C@@H]3CCC4C[C@@]5(CCC5=O)CC[C@]4(C)[C@H]3CC[C@]12C.